The number of nitrogens with one attached hydrogen (secondary N) is 2. The molecule has 0 spiro atoms. The lowest BCUT2D eigenvalue weighted by Gasteiger charge is -2.13. The molecule has 29 heavy (non-hydrogen) atoms. The summed E-state index contributed by atoms with van der Waals surface area (Å²) in [5.74, 6) is -0.921. The smallest absolute Gasteiger partial charge is 0.329 e. The van der Waals surface area contributed by atoms with Crippen LogP contribution in [0, 0.1) is 0 Å². The van der Waals surface area contributed by atoms with Crippen LogP contribution < -0.4 is 15.5 Å². The van der Waals surface area contributed by atoms with Crippen molar-refractivity contribution in [3.05, 3.63) is 77.9 Å². The monoisotopic (exact) mass is 389 g/mol. The van der Waals surface area contributed by atoms with Crippen LogP contribution in [-0.2, 0) is 9.59 Å². The van der Waals surface area contributed by atoms with Crippen LogP contribution >= 0.6 is 0 Å². The topological polar surface area (TPSA) is 79.8 Å². The standard InChI is InChI=1S/C23H23N3O3/c1-3-29-21-14-13-18-11-7-8-12-19(18)20(21)15-24-26-23(28)22(27)25-16(2)17-9-5-4-6-10-17/h4-16H,3H2,1-2H3,(H,25,27)(H,26,28)/b24-15-/t16-/m0/s1. The summed E-state index contributed by atoms with van der Waals surface area (Å²) >= 11 is 0. The van der Waals surface area contributed by atoms with Gasteiger partial charge in [-0.1, -0.05) is 60.7 Å². The van der Waals surface area contributed by atoms with Crippen molar-refractivity contribution in [2.24, 2.45) is 5.10 Å². The number of ether oxygens (including phenoxy) is 1. The average Bonchev–Trinajstić information content (AvgIpc) is 2.75. The van der Waals surface area contributed by atoms with Crippen molar-refractivity contribution in [3.8, 4) is 5.75 Å². The van der Waals surface area contributed by atoms with Crippen LogP contribution in [-0.4, -0.2) is 24.6 Å². The number of nitrogens with zero attached hydrogens (tertiary/aromatic N) is 1. The van der Waals surface area contributed by atoms with Crippen molar-refractivity contribution in [1.29, 1.82) is 0 Å². The number of hydrazone groups is 1. The summed E-state index contributed by atoms with van der Waals surface area (Å²) in [6, 6.07) is 20.8. The Hall–Kier alpha value is -3.67. The molecule has 0 aromatic heterocycles. The molecule has 0 bridgehead atoms. The number of hydrogen-bond donors (Lipinski definition) is 2. The highest BCUT2D eigenvalue weighted by Crippen LogP contribution is 2.26. The summed E-state index contributed by atoms with van der Waals surface area (Å²) in [6.45, 7) is 4.22. The Morgan fingerprint density at radius 3 is 2.48 bits per heavy atom. The molecule has 3 aromatic rings. The van der Waals surface area contributed by atoms with Crippen molar-refractivity contribution in [3.63, 3.8) is 0 Å². The van der Waals surface area contributed by atoms with Crippen molar-refractivity contribution in [1.82, 2.24) is 10.7 Å². The maximum absolute atomic E-state index is 12.1. The highest BCUT2D eigenvalue weighted by atomic mass is 16.5. The van der Waals surface area contributed by atoms with E-state index in [2.05, 4.69) is 15.8 Å². The molecular formula is C23H23N3O3. The van der Waals surface area contributed by atoms with Crippen molar-refractivity contribution >= 4 is 28.8 Å². The maximum atomic E-state index is 12.1. The number of amides is 2. The summed E-state index contributed by atoms with van der Waals surface area (Å²) in [4.78, 5) is 24.2. The zero-order chi connectivity index (χ0) is 20.6. The molecule has 0 aliphatic carbocycles. The molecule has 6 heteroatoms. The van der Waals surface area contributed by atoms with Gasteiger partial charge in [0.1, 0.15) is 5.75 Å². The first-order valence-electron chi connectivity index (χ1n) is 9.43. The summed E-state index contributed by atoms with van der Waals surface area (Å²) in [6.07, 6.45) is 1.50. The normalized spacial score (nSPS) is 11.9. The van der Waals surface area contributed by atoms with Gasteiger partial charge in [0.15, 0.2) is 0 Å². The highest BCUT2D eigenvalue weighted by molar-refractivity contribution is 6.35. The van der Waals surface area contributed by atoms with E-state index in [4.69, 9.17) is 4.74 Å². The second-order valence-electron chi connectivity index (χ2n) is 6.44. The molecule has 0 saturated carbocycles. The predicted molar refractivity (Wildman–Crippen MR) is 114 cm³/mol. The third-order valence-corrected chi connectivity index (χ3v) is 4.44. The fourth-order valence-electron chi connectivity index (χ4n) is 2.98. The van der Waals surface area contributed by atoms with Gasteiger partial charge in [0.2, 0.25) is 0 Å². The molecule has 3 rings (SSSR count). The van der Waals surface area contributed by atoms with Gasteiger partial charge in [-0.15, -0.1) is 0 Å². The molecule has 0 radical (unpaired) electrons. The molecule has 0 saturated heterocycles. The SMILES string of the molecule is CCOc1ccc2ccccc2c1/C=N\NC(=O)C(=O)N[C@@H](C)c1ccccc1. The van der Waals surface area contributed by atoms with E-state index in [1.807, 2.05) is 80.6 Å². The summed E-state index contributed by atoms with van der Waals surface area (Å²) in [5.41, 5.74) is 3.94. The van der Waals surface area contributed by atoms with Crippen LogP contribution in [0.2, 0.25) is 0 Å². The first kappa shape index (κ1) is 20.1. The lowest BCUT2D eigenvalue weighted by molar-refractivity contribution is -0.139. The van der Waals surface area contributed by atoms with E-state index in [-0.39, 0.29) is 6.04 Å². The Labute approximate surface area is 169 Å². The van der Waals surface area contributed by atoms with Crippen LogP contribution in [0.3, 0.4) is 0 Å². The molecule has 148 valence electrons. The Morgan fingerprint density at radius 1 is 1.00 bits per heavy atom. The summed E-state index contributed by atoms with van der Waals surface area (Å²) in [5, 5.41) is 8.60. The molecule has 0 heterocycles. The van der Waals surface area contributed by atoms with Crippen LogP contribution in [0.4, 0.5) is 0 Å². The third kappa shape index (κ3) is 4.99. The number of benzene rings is 3. The number of rotatable bonds is 6. The molecule has 6 nitrogen and oxygen atoms in total. The van der Waals surface area contributed by atoms with Crippen LogP contribution in [0.15, 0.2) is 71.8 Å². The van der Waals surface area contributed by atoms with Crippen LogP contribution in [0.5, 0.6) is 5.75 Å². The zero-order valence-corrected chi connectivity index (χ0v) is 16.4. The van der Waals surface area contributed by atoms with Gasteiger partial charge in [-0.25, -0.2) is 5.43 Å². The molecule has 2 amide bonds. The van der Waals surface area contributed by atoms with E-state index < -0.39 is 11.8 Å². The minimum Gasteiger partial charge on any atom is -0.493 e. The molecular weight excluding hydrogens is 366 g/mol. The molecule has 0 aliphatic rings. The van der Waals surface area contributed by atoms with Gasteiger partial charge < -0.3 is 10.1 Å². The van der Waals surface area contributed by atoms with Gasteiger partial charge >= 0.3 is 11.8 Å². The fourth-order valence-corrected chi connectivity index (χ4v) is 2.98. The lowest BCUT2D eigenvalue weighted by Crippen LogP contribution is -2.39. The van der Waals surface area contributed by atoms with Gasteiger partial charge in [0.25, 0.3) is 0 Å². The fraction of sp³-hybridized carbons (Fsp3) is 0.174. The Morgan fingerprint density at radius 2 is 1.72 bits per heavy atom. The molecule has 1 atom stereocenters. The molecule has 0 aliphatic heterocycles. The first-order chi connectivity index (χ1) is 14.1. The molecule has 0 fully saturated rings. The minimum absolute atomic E-state index is 0.291. The molecule has 0 unspecified atom stereocenters. The van der Waals surface area contributed by atoms with Gasteiger partial charge in [-0.2, -0.15) is 5.10 Å². The number of hydrogen-bond acceptors (Lipinski definition) is 4. The number of carbonyl (C=O) groups excluding carboxylic acids is 2. The van der Waals surface area contributed by atoms with Crippen molar-refractivity contribution in [2.75, 3.05) is 6.61 Å². The predicted octanol–water partition coefficient (Wildman–Crippen LogP) is 3.57. The van der Waals surface area contributed by atoms with Crippen molar-refractivity contribution in [2.45, 2.75) is 19.9 Å². The average molecular weight is 389 g/mol. The summed E-state index contributed by atoms with van der Waals surface area (Å²) < 4.78 is 5.67. The van der Waals surface area contributed by atoms with Crippen LogP contribution in [0.25, 0.3) is 10.8 Å². The molecule has 3 aromatic carbocycles. The highest BCUT2D eigenvalue weighted by Gasteiger charge is 2.16. The van der Waals surface area contributed by atoms with E-state index in [1.165, 1.54) is 6.21 Å². The van der Waals surface area contributed by atoms with Gasteiger partial charge in [-0.05, 0) is 36.2 Å². The van der Waals surface area contributed by atoms with E-state index >= 15 is 0 Å². The van der Waals surface area contributed by atoms with Gasteiger partial charge in [-0.3, -0.25) is 9.59 Å². The second kappa shape index (κ2) is 9.50. The molecule has 2 N–H and O–H groups in total. The third-order valence-electron chi connectivity index (χ3n) is 4.44. The van der Waals surface area contributed by atoms with Crippen molar-refractivity contribution < 1.29 is 14.3 Å². The quantitative estimate of drug-likeness (QED) is 0.384. The van der Waals surface area contributed by atoms with E-state index in [9.17, 15) is 9.59 Å². The van der Waals surface area contributed by atoms with Gasteiger partial charge in [0.05, 0.1) is 18.9 Å². The van der Waals surface area contributed by atoms with E-state index in [0.717, 1.165) is 21.9 Å². The largest absolute Gasteiger partial charge is 0.493 e. The van der Waals surface area contributed by atoms with Gasteiger partial charge in [0, 0.05) is 5.56 Å². The first-order valence-corrected chi connectivity index (χ1v) is 9.43. The Balaban J connectivity index is 1.70. The minimum atomic E-state index is -0.831. The second-order valence-corrected chi connectivity index (χ2v) is 6.44. The Bertz CT molecular complexity index is 1030. The van der Waals surface area contributed by atoms with E-state index in [1.54, 1.807) is 0 Å². The lowest BCUT2D eigenvalue weighted by atomic mass is 10.0. The maximum Gasteiger partial charge on any atom is 0.329 e. The van der Waals surface area contributed by atoms with Crippen LogP contribution in [0.1, 0.15) is 31.0 Å². The number of fused-ring (bicyclic) bond motifs is 1. The van der Waals surface area contributed by atoms with E-state index in [0.29, 0.717) is 12.4 Å². The Kier molecular flexibility index (Phi) is 6.58. The summed E-state index contributed by atoms with van der Waals surface area (Å²) in [7, 11) is 0. The number of carbonyl (C=O) groups is 2. The zero-order valence-electron chi connectivity index (χ0n) is 16.4.